The zero-order chi connectivity index (χ0) is 24.7. The lowest BCUT2D eigenvalue weighted by Crippen LogP contribution is -2.52. The molecule has 4 heterocycles. The van der Waals surface area contributed by atoms with Gasteiger partial charge in [0, 0.05) is 30.3 Å². The molecule has 0 saturated carbocycles. The van der Waals surface area contributed by atoms with Gasteiger partial charge in [0.15, 0.2) is 5.69 Å². The highest BCUT2D eigenvalue weighted by molar-refractivity contribution is 6.29. The Morgan fingerprint density at radius 1 is 1.26 bits per heavy atom. The Kier molecular flexibility index (Phi) is 5.75. The fourth-order valence-corrected chi connectivity index (χ4v) is 4.24. The van der Waals surface area contributed by atoms with Crippen LogP contribution in [0.5, 0.6) is 0 Å². The third-order valence-electron chi connectivity index (χ3n) is 5.87. The third kappa shape index (κ3) is 4.24. The van der Waals surface area contributed by atoms with Crippen molar-refractivity contribution >= 4 is 40.9 Å². The van der Waals surface area contributed by atoms with Crippen LogP contribution in [-0.4, -0.2) is 59.7 Å². The Morgan fingerprint density at radius 2 is 2.09 bits per heavy atom. The smallest absolute Gasteiger partial charge is 0.277 e. The van der Waals surface area contributed by atoms with Crippen LogP contribution in [0.2, 0.25) is 5.15 Å². The number of amides is 4. The Hall–Kier alpha value is -4.16. The lowest BCUT2D eigenvalue weighted by molar-refractivity contribution is -0.136. The van der Waals surface area contributed by atoms with Gasteiger partial charge in [0.05, 0.1) is 24.2 Å². The minimum Gasteiger partial charge on any atom is -0.392 e. The minimum atomic E-state index is -0.705. The van der Waals surface area contributed by atoms with Gasteiger partial charge in [0.2, 0.25) is 11.8 Å². The van der Waals surface area contributed by atoms with Crippen LogP contribution in [0.25, 0.3) is 5.69 Å². The van der Waals surface area contributed by atoms with E-state index in [2.05, 4.69) is 25.9 Å². The molecular weight excluding hydrogens is 478 g/mol. The highest BCUT2D eigenvalue weighted by atomic mass is 35.5. The largest absolute Gasteiger partial charge is 0.392 e. The molecule has 0 aliphatic carbocycles. The maximum atomic E-state index is 12.9. The summed E-state index contributed by atoms with van der Waals surface area (Å²) in [4.78, 5) is 54.5. The summed E-state index contributed by atoms with van der Waals surface area (Å²) in [5.41, 5.74) is 2.43. The van der Waals surface area contributed by atoms with Crippen molar-refractivity contribution < 1.29 is 24.3 Å². The van der Waals surface area contributed by atoms with E-state index in [1.807, 2.05) is 0 Å². The number of carbonyl (C=O) groups is 4. The first-order valence-corrected chi connectivity index (χ1v) is 11.0. The molecular formula is C22H18ClN7O5. The molecule has 2 aliphatic rings. The molecule has 3 aromatic rings. The highest BCUT2D eigenvalue weighted by Crippen LogP contribution is 2.29. The molecule has 1 aromatic carbocycles. The SMILES string of the molecule is O=C1CCC(N2Cc3cc(-n4cc(C(=O)Nc5cc(Cl)ncc5CO)nn4)ccc3C2=O)C(=O)N1. The molecule has 5 rings (SSSR count). The number of hydrogen-bond donors (Lipinski definition) is 3. The van der Waals surface area contributed by atoms with Crippen molar-refractivity contribution in [1.82, 2.24) is 30.2 Å². The number of carbonyl (C=O) groups excluding carboxylic acids is 4. The van der Waals surface area contributed by atoms with E-state index < -0.39 is 17.9 Å². The first-order valence-electron chi connectivity index (χ1n) is 10.6. The van der Waals surface area contributed by atoms with Crippen LogP contribution in [0.15, 0.2) is 36.7 Å². The summed E-state index contributed by atoms with van der Waals surface area (Å²) >= 11 is 5.88. The third-order valence-corrected chi connectivity index (χ3v) is 6.08. The van der Waals surface area contributed by atoms with Crippen LogP contribution in [0.4, 0.5) is 5.69 Å². The second-order valence-corrected chi connectivity index (χ2v) is 8.45. The Morgan fingerprint density at radius 3 is 2.86 bits per heavy atom. The first kappa shape index (κ1) is 22.6. The van der Waals surface area contributed by atoms with Crippen molar-refractivity contribution in [2.75, 3.05) is 5.32 Å². The number of nitrogens with zero attached hydrogens (tertiary/aromatic N) is 5. The molecule has 0 spiro atoms. The van der Waals surface area contributed by atoms with E-state index in [9.17, 15) is 24.3 Å². The van der Waals surface area contributed by atoms with E-state index in [0.29, 0.717) is 28.1 Å². The highest BCUT2D eigenvalue weighted by Gasteiger charge is 2.39. The molecule has 1 saturated heterocycles. The number of aliphatic hydroxyl groups excluding tert-OH is 1. The molecule has 1 unspecified atom stereocenters. The Labute approximate surface area is 202 Å². The maximum Gasteiger partial charge on any atom is 0.277 e. The predicted molar refractivity (Wildman–Crippen MR) is 121 cm³/mol. The van der Waals surface area contributed by atoms with E-state index in [1.165, 1.54) is 28.0 Å². The number of fused-ring (bicyclic) bond motifs is 1. The van der Waals surface area contributed by atoms with E-state index in [0.717, 1.165) is 0 Å². The molecule has 4 amide bonds. The summed E-state index contributed by atoms with van der Waals surface area (Å²) in [5, 5.41) is 22.4. The van der Waals surface area contributed by atoms with Gasteiger partial charge in [-0.15, -0.1) is 5.10 Å². The van der Waals surface area contributed by atoms with Gasteiger partial charge in [-0.1, -0.05) is 16.8 Å². The summed E-state index contributed by atoms with van der Waals surface area (Å²) in [7, 11) is 0. The number of imide groups is 1. The van der Waals surface area contributed by atoms with Crippen LogP contribution in [0.3, 0.4) is 0 Å². The molecule has 2 aromatic heterocycles. The lowest BCUT2D eigenvalue weighted by Gasteiger charge is -2.29. The lowest BCUT2D eigenvalue weighted by atomic mass is 10.0. The molecule has 2 aliphatic heterocycles. The fraction of sp³-hybridized carbons (Fsp3) is 0.227. The molecule has 0 bridgehead atoms. The average molecular weight is 496 g/mol. The van der Waals surface area contributed by atoms with Gasteiger partial charge in [-0.2, -0.15) is 0 Å². The van der Waals surface area contributed by atoms with Crippen LogP contribution < -0.4 is 10.6 Å². The zero-order valence-corrected chi connectivity index (χ0v) is 18.8. The number of aliphatic hydroxyl groups is 1. The Balaban J connectivity index is 1.34. The molecule has 1 fully saturated rings. The van der Waals surface area contributed by atoms with Gasteiger partial charge in [-0.3, -0.25) is 24.5 Å². The van der Waals surface area contributed by atoms with Gasteiger partial charge in [-0.25, -0.2) is 9.67 Å². The minimum absolute atomic E-state index is 0.0172. The van der Waals surface area contributed by atoms with Crippen LogP contribution in [0, 0.1) is 0 Å². The number of aromatic nitrogens is 4. The number of pyridine rings is 1. The number of anilines is 1. The molecule has 178 valence electrons. The normalized spacial score (nSPS) is 17.4. The van der Waals surface area contributed by atoms with Crippen molar-refractivity contribution in [1.29, 1.82) is 0 Å². The second kappa shape index (κ2) is 8.89. The van der Waals surface area contributed by atoms with Crippen molar-refractivity contribution in [3.63, 3.8) is 0 Å². The van der Waals surface area contributed by atoms with E-state index in [-0.39, 0.29) is 48.7 Å². The van der Waals surface area contributed by atoms with Crippen LogP contribution in [-0.2, 0) is 22.7 Å². The zero-order valence-electron chi connectivity index (χ0n) is 18.1. The number of halogens is 1. The van der Waals surface area contributed by atoms with Gasteiger partial charge in [-0.05, 0) is 36.2 Å². The van der Waals surface area contributed by atoms with E-state index >= 15 is 0 Å². The standard InChI is InChI=1S/C22H18ClN7O5/c23-18-6-15(12(10-31)7-24-18)25-20(33)16-9-30(28-27-16)13-1-2-14-11(5-13)8-29(22(14)35)17-3-4-19(32)26-21(17)34/h1-2,5-7,9,17,31H,3-4,8,10H2,(H,24,25,33)(H,26,32,34). The summed E-state index contributed by atoms with van der Waals surface area (Å²) in [6, 6.07) is 5.74. The summed E-state index contributed by atoms with van der Waals surface area (Å²) in [5.74, 6) is -1.67. The maximum absolute atomic E-state index is 12.9. The summed E-state index contributed by atoms with van der Waals surface area (Å²) in [6.07, 6.45) is 3.24. The molecule has 3 N–H and O–H groups in total. The number of rotatable bonds is 5. The number of nitrogens with one attached hydrogen (secondary N) is 2. The van der Waals surface area contributed by atoms with Crippen molar-refractivity contribution in [3.8, 4) is 5.69 Å². The van der Waals surface area contributed by atoms with Crippen LogP contribution >= 0.6 is 11.6 Å². The summed E-state index contributed by atoms with van der Waals surface area (Å²) in [6.45, 7) is -0.126. The number of hydrogen-bond acceptors (Lipinski definition) is 8. The van der Waals surface area contributed by atoms with Crippen molar-refractivity contribution in [3.05, 3.63) is 64.2 Å². The average Bonchev–Trinajstić information content (AvgIpc) is 3.45. The molecule has 35 heavy (non-hydrogen) atoms. The van der Waals surface area contributed by atoms with Crippen molar-refractivity contribution in [2.45, 2.75) is 32.0 Å². The Bertz CT molecular complexity index is 1390. The van der Waals surface area contributed by atoms with Crippen LogP contribution in [0.1, 0.15) is 44.8 Å². The van der Waals surface area contributed by atoms with Gasteiger partial charge in [0.25, 0.3) is 11.8 Å². The molecule has 13 heteroatoms. The molecule has 1 atom stereocenters. The number of benzene rings is 1. The first-order chi connectivity index (χ1) is 16.8. The number of piperidine rings is 1. The fourth-order valence-electron chi connectivity index (χ4n) is 4.08. The van der Waals surface area contributed by atoms with Gasteiger partial charge in [0.1, 0.15) is 11.2 Å². The van der Waals surface area contributed by atoms with Gasteiger partial charge < -0.3 is 15.3 Å². The predicted octanol–water partition coefficient (Wildman–Crippen LogP) is 0.821. The topological polar surface area (TPSA) is 159 Å². The quantitative estimate of drug-likeness (QED) is 0.346. The van der Waals surface area contributed by atoms with Crippen molar-refractivity contribution in [2.24, 2.45) is 0 Å². The van der Waals surface area contributed by atoms with E-state index in [1.54, 1.807) is 18.2 Å². The summed E-state index contributed by atoms with van der Waals surface area (Å²) < 4.78 is 1.39. The monoisotopic (exact) mass is 495 g/mol. The van der Waals surface area contributed by atoms with E-state index in [4.69, 9.17) is 11.6 Å². The second-order valence-electron chi connectivity index (χ2n) is 8.07. The molecule has 0 radical (unpaired) electrons. The molecule has 12 nitrogen and oxygen atoms in total. The van der Waals surface area contributed by atoms with Gasteiger partial charge >= 0.3 is 0 Å².